The standard InChI is InChI=1S/C12H11ClO4/c1-7(14)12(13)9-3-2-4-10(15)8(9)5-6-11(16)17/h2-6,12,15H,1H3,(H,16,17). The molecule has 0 amide bonds. The summed E-state index contributed by atoms with van der Waals surface area (Å²) in [7, 11) is 0. The number of alkyl halides is 1. The smallest absolute Gasteiger partial charge is 0.328 e. The Kier molecular flexibility index (Phi) is 4.29. The molecule has 1 aromatic carbocycles. The van der Waals surface area contributed by atoms with Crippen molar-refractivity contribution in [3.8, 4) is 5.75 Å². The molecule has 0 bridgehead atoms. The van der Waals surface area contributed by atoms with Crippen molar-refractivity contribution in [3.63, 3.8) is 0 Å². The molecule has 1 rings (SSSR count). The largest absolute Gasteiger partial charge is 0.507 e. The lowest BCUT2D eigenvalue weighted by atomic mass is 10.0. The summed E-state index contributed by atoms with van der Waals surface area (Å²) in [4.78, 5) is 21.6. The molecule has 2 N–H and O–H groups in total. The Bertz CT molecular complexity index is 479. The molecule has 90 valence electrons. The molecule has 1 unspecified atom stereocenters. The maximum atomic E-state index is 11.2. The number of phenolic OH excluding ortho intramolecular Hbond substituents is 1. The lowest BCUT2D eigenvalue weighted by molar-refractivity contribution is -0.131. The average Bonchev–Trinajstić information content (AvgIpc) is 2.25. The number of rotatable bonds is 4. The number of aliphatic carboxylic acids is 1. The molecule has 0 aliphatic heterocycles. The number of benzene rings is 1. The summed E-state index contributed by atoms with van der Waals surface area (Å²) in [5, 5.41) is 17.2. The zero-order chi connectivity index (χ0) is 13.0. The van der Waals surface area contributed by atoms with Crippen LogP contribution in [0, 0.1) is 0 Å². The van der Waals surface area contributed by atoms with Gasteiger partial charge in [-0.05, 0) is 24.6 Å². The predicted molar refractivity (Wildman–Crippen MR) is 64.1 cm³/mol. The van der Waals surface area contributed by atoms with Crippen molar-refractivity contribution < 1.29 is 19.8 Å². The summed E-state index contributed by atoms with van der Waals surface area (Å²) < 4.78 is 0. The number of aromatic hydroxyl groups is 1. The summed E-state index contributed by atoms with van der Waals surface area (Å²) in [6.45, 7) is 1.33. The molecule has 17 heavy (non-hydrogen) atoms. The molecule has 0 fully saturated rings. The van der Waals surface area contributed by atoms with E-state index in [2.05, 4.69) is 0 Å². The van der Waals surface area contributed by atoms with Crippen molar-refractivity contribution in [2.75, 3.05) is 0 Å². The third kappa shape index (κ3) is 3.32. The SMILES string of the molecule is CC(=O)C(Cl)c1cccc(O)c1C=CC(=O)O. The van der Waals surface area contributed by atoms with Gasteiger partial charge in [0.15, 0.2) is 5.78 Å². The fourth-order valence-electron chi connectivity index (χ4n) is 1.35. The van der Waals surface area contributed by atoms with Crippen molar-refractivity contribution in [1.82, 2.24) is 0 Å². The zero-order valence-corrected chi connectivity index (χ0v) is 9.81. The monoisotopic (exact) mass is 254 g/mol. The molecule has 0 saturated carbocycles. The number of carbonyl (C=O) groups excluding carboxylic acids is 1. The van der Waals surface area contributed by atoms with Crippen LogP contribution in [-0.4, -0.2) is 22.0 Å². The number of carboxylic acid groups (broad SMARTS) is 1. The minimum absolute atomic E-state index is 0.119. The van der Waals surface area contributed by atoms with E-state index in [4.69, 9.17) is 16.7 Å². The van der Waals surface area contributed by atoms with E-state index >= 15 is 0 Å². The Morgan fingerprint density at radius 3 is 2.59 bits per heavy atom. The lowest BCUT2D eigenvalue weighted by Gasteiger charge is -2.11. The summed E-state index contributed by atoms with van der Waals surface area (Å²) >= 11 is 5.89. The number of carboxylic acids is 1. The lowest BCUT2D eigenvalue weighted by Crippen LogP contribution is -2.03. The van der Waals surface area contributed by atoms with Crippen LogP contribution in [0.25, 0.3) is 6.08 Å². The number of phenols is 1. The molecule has 4 nitrogen and oxygen atoms in total. The molecule has 1 atom stereocenters. The fraction of sp³-hybridized carbons (Fsp3) is 0.167. The number of hydrogen-bond donors (Lipinski definition) is 2. The van der Waals surface area contributed by atoms with Gasteiger partial charge in [0, 0.05) is 11.6 Å². The van der Waals surface area contributed by atoms with Gasteiger partial charge in [0.1, 0.15) is 11.1 Å². The van der Waals surface area contributed by atoms with E-state index in [-0.39, 0.29) is 17.1 Å². The van der Waals surface area contributed by atoms with E-state index in [1.807, 2.05) is 0 Å². The highest BCUT2D eigenvalue weighted by Gasteiger charge is 2.17. The number of halogens is 1. The van der Waals surface area contributed by atoms with Gasteiger partial charge in [0.25, 0.3) is 0 Å². The van der Waals surface area contributed by atoms with Gasteiger partial charge >= 0.3 is 5.97 Å². The number of Topliss-reactive ketones (excluding diaryl/α,β-unsaturated/α-hetero) is 1. The third-order valence-corrected chi connectivity index (χ3v) is 2.68. The summed E-state index contributed by atoms with van der Waals surface area (Å²) in [6.07, 6.45) is 2.09. The van der Waals surface area contributed by atoms with E-state index in [1.54, 1.807) is 12.1 Å². The van der Waals surface area contributed by atoms with Crippen LogP contribution < -0.4 is 0 Å². The molecule has 1 aromatic rings. The van der Waals surface area contributed by atoms with Gasteiger partial charge in [-0.15, -0.1) is 11.6 Å². The molecule has 5 heteroatoms. The summed E-state index contributed by atoms with van der Waals surface area (Å²) in [5.41, 5.74) is 0.627. The number of hydrogen-bond acceptors (Lipinski definition) is 3. The molecular weight excluding hydrogens is 244 g/mol. The minimum Gasteiger partial charge on any atom is -0.507 e. The van der Waals surface area contributed by atoms with Gasteiger partial charge in [-0.1, -0.05) is 12.1 Å². The normalized spacial score (nSPS) is 12.6. The van der Waals surface area contributed by atoms with Crippen molar-refractivity contribution >= 4 is 29.4 Å². The topological polar surface area (TPSA) is 74.6 Å². The van der Waals surface area contributed by atoms with Gasteiger partial charge in [0.2, 0.25) is 0 Å². The Balaban J connectivity index is 3.26. The summed E-state index contributed by atoms with van der Waals surface area (Å²) in [6, 6.07) is 4.51. The Morgan fingerprint density at radius 2 is 2.06 bits per heavy atom. The van der Waals surface area contributed by atoms with Crippen LogP contribution in [0.2, 0.25) is 0 Å². The van der Waals surface area contributed by atoms with Crippen LogP contribution in [0.1, 0.15) is 23.4 Å². The maximum Gasteiger partial charge on any atom is 0.328 e. The van der Waals surface area contributed by atoms with Gasteiger partial charge in [-0.2, -0.15) is 0 Å². The second-order valence-electron chi connectivity index (χ2n) is 3.42. The van der Waals surface area contributed by atoms with Gasteiger partial charge in [0.05, 0.1) is 0 Å². The predicted octanol–water partition coefficient (Wildman–Crippen LogP) is 2.36. The van der Waals surface area contributed by atoms with Crippen LogP contribution in [0.3, 0.4) is 0 Å². The Hall–Kier alpha value is -1.81. The highest BCUT2D eigenvalue weighted by atomic mass is 35.5. The Labute approximate surface area is 103 Å². The van der Waals surface area contributed by atoms with Gasteiger partial charge < -0.3 is 10.2 Å². The Morgan fingerprint density at radius 1 is 1.41 bits per heavy atom. The van der Waals surface area contributed by atoms with Crippen LogP contribution in [0.15, 0.2) is 24.3 Å². The second-order valence-corrected chi connectivity index (χ2v) is 3.86. The number of carbonyl (C=O) groups is 2. The first-order valence-electron chi connectivity index (χ1n) is 4.81. The molecule has 0 aliphatic rings. The number of ketones is 1. The first-order chi connectivity index (χ1) is 7.93. The van der Waals surface area contributed by atoms with E-state index < -0.39 is 11.3 Å². The highest BCUT2D eigenvalue weighted by molar-refractivity contribution is 6.31. The van der Waals surface area contributed by atoms with E-state index in [0.717, 1.165) is 6.08 Å². The van der Waals surface area contributed by atoms with Crippen molar-refractivity contribution in [2.45, 2.75) is 12.3 Å². The molecular formula is C12H11ClO4. The molecule has 0 radical (unpaired) electrons. The first kappa shape index (κ1) is 13.3. The van der Waals surface area contributed by atoms with Crippen molar-refractivity contribution in [3.05, 3.63) is 35.4 Å². The van der Waals surface area contributed by atoms with Crippen molar-refractivity contribution in [2.24, 2.45) is 0 Å². The third-order valence-electron chi connectivity index (χ3n) is 2.14. The van der Waals surface area contributed by atoms with Crippen LogP contribution >= 0.6 is 11.6 Å². The van der Waals surface area contributed by atoms with E-state index in [1.165, 1.54) is 19.1 Å². The highest BCUT2D eigenvalue weighted by Crippen LogP contribution is 2.31. The maximum absolute atomic E-state index is 11.2. The zero-order valence-electron chi connectivity index (χ0n) is 9.05. The molecule has 0 spiro atoms. The van der Waals surface area contributed by atoms with Gasteiger partial charge in [-0.25, -0.2) is 4.79 Å². The molecule has 0 aliphatic carbocycles. The molecule has 0 aromatic heterocycles. The summed E-state index contributed by atoms with van der Waals surface area (Å²) in [5.74, 6) is -1.54. The second kappa shape index (κ2) is 5.50. The molecule has 0 saturated heterocycles. The van der Waals surface area contributed by atoms with Crippen LogP contribution in [0.5, 0.6) is 5.75 Å². The van der Waals surface area contributed by atoms with Crippen molar-refractivity contribution in [1.29, 1.82) is 0 Å². The van der Waals surface area contributed by atoms with Crippen LogP contribution in [0.4, 0.5) is 0 Å². The quantitative estimate of drug-likeness (QED) is 0.639. The fourth-order valence-corrected chi connectivity index (χ4v) is 1.54. The minimum atomic E-state index is -1.15. The molecule has 0 heterocycles. The average molecular weight is 255 g/mol. The van der Waals surface area contributed by atoms with E-state index in [0.29, 0.717) is 5.56 Å². The van der Waals surface area contributed by atoms with Gasteiger partial charge in [-0.3, -0.25) is 4.79 Å². The first-order valence-corrected chi connectivity index (χ1v) is 5.24. The van der Waals surface area contributed by atoms with E-state index in [9.17, 15) is 14.7 Å². The van der Waals surface area contributed by atoms with Crippen LogP contribution in [-0.2, 0) is 9.59 Å².